The number of nitrogens with zero attached hydrogens (tertiary/aromatic N) is 7. The zero-order chi connectivity index (χ0) is 23.5. The van der Waals surface area contributed by atoms with Crippen LogP contribution in [-0.2, 0) is 29.4 Å². The molecule has 13 nitrogen and oxygen atoms in total. The van der Waals surface area contributed by atoms with Gasteiger partial charge < -0.3 is 30.1 Å². The average molecular weight is 468 g/mol. The van der Waals surface area contributed by atoms with Crippen LogP contribution in [0.1, 0.15) is 17.5 Å². The first kappa shape index (κ1) is 22.3. The Balaban J connectivity index is 1.22. The van der Waals surface area contributed by atoms with Crippen molar-refractivity contribution in [2.24, 2.45) is 0 Å². The smallest absolute Gasteiger partial charge is 0.167 e. The molecule has 4 N–H and O–H groups in total. The number of rotatable bonds is 9. The van der Waals surface area contributed by atoms with Crippen molar-refractivity contribution in [1.82, 2.24) is 34.5 Å². The summed E-state index contributed by atoms with van der Waals surface area (Å²) in [7, 11) is 0. The highest BCUT2D eigenvalue weighted by molar-refractivity contribution is 5.82. The first-order valence-electron chi connectivity index (χ1n) is 10.7. The summed E-state index contributed by atoms with van der Waals surface area (Å²) < 4.78 is 14.4. The van der Waals surface area contributed by atoms with Gasteiger partial charge in [0, 0.05) is 0 Å². The molecule has 5 rings (SSSR count). The van der Waals surface area contributed by atoms with Crippen LogP contribution in [0.3, 0.4) is 0 Å². The minimum absolute atomic E-state index is 0.272. The van der Waals surface area contributed by atoms with Gasteiger partial charge in [-0.15, -0.1) is 5.10 Å². The summed E-state index contributed by atoms with van der Waals surface area (Å²) in [5, 5.41) is 41.1. The first-order valence-corrected chi connectivity index (χ1v) is 10.7. The van der Waals surface area contributed by atoms with Crippen molar-refractivity contribution < 1.29 is 24.8 Å². The zero-order valence-corrected chi connectivity index (χ0v) is 18.0. The summed E-state index contributed by atoms with van der Waals surface area (Å²) in [5.74, 6) is 0.463. The number of ether oxygens (including phenoxy) is 2. The van der Waals surface area contributed by atoms with E-state index in [4.69, 9.17) is 9.47 Å². The first-order chi connectivity index (χ1) is 16.6. The number of aromatic nitrogens is 7. The van der Waals surface area contributed by atoms with E-state index in [1.807, 2.05) is 30.3 Å². The predicted octanol–water partition coefficient (Wildman–Crippen LogP) is -0.184. The van der Waals surface area contributed by atoms with Gasteiger partial charge in [-0.3, -0.25) is 4.57 Å². The molecule has 4 aromatic rings. The summed E-state index contributed by atoms with van der Waals surface area (Å²) in [5.41, 5.74) is 2.62. The van der Waals surface area contributed by atoms with Crippen LogP contribution in [-0.4, -0.2) is 74.8 Å². The molecule has 1 aliphatic heterocycles. The Morgan fingerprint density at radius 2 is 1.94 bits per heavy atom. The molecule has 1 fully saturated rings. The summed E-state index contributed by atoms with van der Waals surface area (Å²) in [4.78, 5) is 12.8. The van der Waals surface area contributed by atoms with Crippen molar-refractivity contribution in [3.05, 3.63) is 60.4 Å². The molecule has 34 heavy (non-hydrogen) atoms. The standard InChI is InChI=1S/C21H24N8O5/c30-8-15-17(31)18(32)21(34-15)29-11-25-16-19(23-10-24-20(16)29)22-6-14-7-28(27-26-14)12-33-9-13-4-2-1-3-5-13/h1-5,7,10-11,15,17-18,21,30-32H,6,8-9,12H2,(H,22,23,24)/t15-,17-,18-,21-/m1/s1. The Hall–Kier alpha value is -3.49. The largest absolute Gasteiger partial charge is 0.394 e. The predicted molar refractivity (Wildman–Crippen MR) is 117 cm³/mol. The van der Waals surface area contributed by atoms with E-state index in [0.29, 0.717) is 35.8 Å². The summed E-state index contributed by atoms with van der Waals surface area (Å²) in [6, 6.07) is 9.87. The van der Waals surface area contributed by atoms with Gasteiger partial charge >= 0.3 is 0 Å². The van der Waals surface area contributed by atoms with Crippen molar-refractivity contribution in [1.29, 1.82) is 0 Å². The number of benzene rings is 1. The SMILES string of the molecule is OC[C@H]1O[C@@H](n2cnc3c(NCc4cn(COCc5ccccc5)nn4)ncnc32)[C@H](O)[C@@H]1O. The molecule has 1 aromatic carbocycles. The monoisotopic (exact) mass is 468 g/mol. The number of hydrogen-bond acceptors (Lipinski definition) is 11. The number of fused-ring (bicyclic) bond motifs is 1. The van der Waals surface area contributed by atoms with Gasteiger partial charge in [-0.05, 0) is 5.56 Å². The lowest BCUT2D eigenvalue weighted by Crippen LogP contribution is -2.33. The molecule has 0 amide bonds. The molecule has 0 radical (unpaired) electrons. The van der Waals surface area contributed by atoms with Crippen LogP contribution in [0, 0.1) is 0 Å². The fraction of sp³-hybridized carbons (Fsp3) is 0.381. The molecule has 4 heterocycles. The van der Waals surface area contributed by atoms with E-state index in [1.54, 1.807) is 10.9 Å². The third-order valence-electron chi connectivity index (χ3n) is 5.51. The Kier molecular flexibility index (Phi) is 6.42. The van der Waals surface area contributed by atoms with Crippen LogP contribution in [0.4, 0.5) is 5.82 Å². The number of hydrogen-bond donors (Lipinski definition) is 4. The van der Waals surface area contributed by atoms with Crippen LogP contribution < -0.4 is 5.32 Å². The van der Waals surface area contributed by atoms with Crippen molar-refractivity contribution >= 4 is 17.0 Å². The van der Waals surface area contributed by atoms with E-state index in [-0.39, 0.29) is 6.73 Å². The average Bonchev–Trinajstić information content (AvgIpc) is 3.57. The van der Waals surface area contributed by atoms with Crippen molar-refractivity contribution in [3.8, 4) is 0 Å². The lowest BCUT2D eigenvalue weighted by Gasteiger charge is -2.16. The fourth-order valence-corrected chi connectivity index (χ4v) is 3.77. The van der Waals surface area contributed by atoms with E-state index < -0.39 is 31.1 Å². The van der Waals surface area contributed by atoms with Gasteiger partial charge in [0.05, 0.1) is 32.3 Å². The summed E-state index contributed by atoms with van der Waals surface area (Å²) >= 11 is 0. The minimum atomic E-state index is -1.24. The van der Waals surface area contributed by atoms with Crippen LogP contribution in [0.2, 0.25) is 0 Å². The second-order valence-corrected chi connectivity index (χ2v) is 7.84. The van der Waals surface area contributed by atoms with Gasteiger partial charge in [-0.1, -0.05) is 35.5 Å². The molecule has 4 atom stereocenters. The second kappa shape index (κ2) is 9.79. The molecule has 0 spiro atoms. The van der Waals surface area contributed by atoms with E-state index in [2.05, 4.69) is 30.6 Å². The Bertz CT molecular complexity index is 1230. The molecule has 0 aliphatic carbocycles. The summed E-state index contributed by atoms with van der Waals surface area (Å²) in [6.07, 6.45) is 0.302. The lowest BCUT2D eigenvalue weighted by molar-refractivity contribution is -0.0511. The number of nitrogens with one attached hydrogen (secondary N) is 1. The fourth-order valence-electron chi connectivity index (χ4n) is 3.77. The van der Waals surface area contributed by atoms with E-state index >= 15 is 0 Å². The molecule has 0 saturated carbocycles. The molecule has 1 aliphatic rings. The zero-order valence-electron chi connectivity index (χ0n) is 18.0. The van der Waals surface area contributed by atoms with Crippen molar-refractivity contribution in [2.75, 3.05) is 11.9 Å². The van der Waals surface area contributed by atoms with Gasteiger partial charge in [-0.2, -0.15) is 0 Å². The van der Waals surface area contributed by atoms with Gasteiger partial charge in [0.2, 0.25) is 0 Å². The Labute approximate surface area is 193 Å². The van der Waals surface area contributed by atoms with Crippen LogP contribution in [0.25, 0.3) is 11.2 Å². The van der Waals surface area contributed by atoms with Crippen LogP contribution >= 0.6 is 0 Å². The minimum Gasteiger partial charge on any atom is -0.394 e. The van der Waals surface area contributed by atoms with Crippen LogP contribution in [0.15, 0.2) is 49.2 Å². The van der Waals surface area contributed by atoms with Gasteiger partial charge in [-0.25, -0.2) is 19.6 Å². The maximum absolute atomic E-state index is 10.3. The molecular weight excluding hydrogens is 444 g/mol. The number of imidazole rings is 1. The molecule has 178 valence electrons. The summed E-state index contributed by atoms with van der Waals surface area (Å²) in [6.45, 7) is 0.673. The number of anilines is 1. The highest BCUT2D eigenvalue weighted by Crippen LogP contribution is 2.32. The molecule has 1 saturated heterocycles. The molecule has 3 aromatic heterocycles. The van der Waals surface area contributed by atoms with Gasteiger partial charge in [0.1, 0.15) is 37.1 Å². The third kappa shape index (κ3) is 4.47. The lowest BCUT2D eigenvalue weighted by atomic mass is 10.1. The maximum atomic E-state index is 10.3. The number of aliphatic hydroxyl groups is 3. The normalized spacial score (nSPS) is 22.4. The van der Waals surface area contributed by atoms with E-state index in [0.717, 1.165) is 5.56 Å². The van der Waals surface area contributed by atoms with Crippen molar-refractivity contribution in [2.45, 2.75) is 44.4 Å². The van der Waals surface area contributed by atoms with Crippen LogP contribution in [0.5, 0.6) is 0 Å². The topological polar surface area (TPSA) is 165 Å². The second-order valence-electron chi connectivity index (χ2n) is 7.84. The van der Waals surface area contributed by atoms with Gasteiger partial charge in [0.15, 0.2) is 23.2 Å². The van der Waals surface area contributed by atoms with E-state index in [1.165, 1.54) is 17.2 Å². The van der Waals surface area contributed by atoms with Gasteiger partial charge in [0.25, 0.3) is 0 Å². The molecule has 13 heteroatoms. The quantitative estimate of drug-likeness (QED) is 0.257. The highest BCUT2D eigenvalue weighted by atomic mass is 16.6. The Morgan fingerprint density at radius 3 is 2.74 bits per heavy atom. The Morgan fingerprint density at radius 1 is 1.09 bits per heavy atom. The molecule has 0 bridgehead atoms. The molecular formula is C21H24N8O5. The third-order valence-corrected chi connectivity index (χ3v) is 5.51. The maximum Gasteiger partial charge on any atom is 0.167 e. The highest BCUT2D eigenvalue weighted by Gasteiger charge is 2.44. The number of aliphatic hydroxyl groups excluding tert-OH is 3. The van der Waals surface area contributed by atoms with E-state index in [9.17, 15) is 15.3 Å². The van der Waals surface area contributed by atoms with Crippen molar-refractivity contribution in [3.63, 3.8) is 0 Å². The molecule has 0 unspecified atom stereocenters.